The average molecular weight is 401 g/mol. The largest absolute Gasteiger partial charge is 0.467 e. The fourth-order valence-electron chi connectivity index (χ4n) is 2.40. The van der Waals surface area contributed by atoms with E-state index in [0.717, 1.165) is 5.69 Å². The molecule has 136 valence electrons. The lowest BCUT2D eigenvalue weighted by Crippen LogP contribution is -2.24. The highest BCUT2D eigenvalue weighted by Gasteiger charge is 2.15. The summed E-state index contributed by atoms with van der Waals surface area (Å²) in [6.07, 6.45) is 2.99. The minimum absolute atomic E-state index is 0.134. The number of nitrogens with zero attached hydrogens (tertiary/aromatic N) is 5. The summed E-state index contributed by atoms with van der Waals surface area (Å²) < 4.78 is 6.77. The van der Waals surface area contributed by atoms with Gasteiger partial charge in [0.2, 0.25) is 5.91 Å². The molecule has 0 fully saturated rings. The first-order valence-corrected chi connectivity index (χ1v) is 9.31. The van der Waals surface area contributed by atoms with E-state index in [2.05, 4.69) is 25.6 Å². The third kappa shape index (κ3) is 3.93. The van der Waals surface area contributed by atoms with E-state index < -0.39 is 0 Å². The summed E-state index contributed by atoms with van der Waals surface area (Å²) >= 11 is 7.32. The standard InChI is InChI=1S/C17H13ClN6O2S/c18-11-3-1-4-12(7-11)24-16-15(22-23-24)17(21-10-20-16)27-9-14(25)19-8-13-5-2-6-26-13/h1-7,10H,8-9H2,(H,19,25). The molecule has 4 rings (SSSR count). The van der Waals surface area contributed by atoms with Crippen molar-refractivity contribution >= 4 is 40.4 Å². The van der Waals surface area contributed by atoms with Crippen molar-refractivity contribution in [3.63, 3.8) is 0 Å². The normalized spacial score (nSPS) is 11.0. The molecule has 27 heavy (non-hydrogen) atoms. The Balaban J connectivity index is 1.49. The van der Waals surface area contributed by atoms with Gasteiger partial charge in [0.1, 0.15) is 17.1 Å². The predicted octanol–water partition coefficient (Wildman–Crippen LogP) is 2.87. The number of rotatable bonds is 6. The highest BCUT2D eigenvalue weighted by molar-refractivity contribution is 8.00. The van der Waals surface area contributed by atoms with Crippen LogP contribution in [0, 0.1) is 0 Å². The van der Waals surface area contributed by atoms with Gasteiger partial charge in [0.15, 0.2) is 11.2 Å². The number of benzene rings is 1. The van der Waals surface area contributed by atoms with E-state index in [0.29, 0.717) is 33.5 Å². The molecule has 4 aromatic rings. The van der Waals surface area contributed by atoms with Gasteiger partial charge in [-0.3, -0.25) is 4.79 Å². The Labute approximate surface area is 162 Å². The molecule has 0 bridgehead atoms. The lowest BCUT2D eigenvalue weighted by molar-refractivity contribution is -0.118. The van der Waals surface area contributed by atoms with E-state index in [4.69, 9.17) is 16.0 Å². The van der Waals surface area contributed by atoms with Crippen LogP contribution in [0.3, 0.4) is 0 Å². The number of amides is 1. The van der Waals surface area contributed by atoms with E-state index in [9.17, 15) is 4.79 Å². The summed E-state index contributed by atoms with van der Waals surface area (Å²) in [5, 5.41) is 12.3. The number of thioether (sulfide) groups is 1. The number of nitrogens with one attached hydrogen (secondary N) is 1. The van der Waals surface area contributed by atoms with Crippen LogP contribution < -0.4 is 5.32 Å². The van der Waals surface area contributed by atoms with Crippen molar-refractivity contribution < 1.29 is 9.21 Å². The maximum absolute atomic E-state index is 12.0. The number of hydrogen-bond donors (Lipinski definition) is 1. The summed E-state index contributed by atoms with van der Waals surface area (Å²) in [4.78, 5) is 20.5. The van der Waals surface area contributed by atoms with Gasteiger partial charge < -0.3 is 9.73 Å². The topological polar surface area (TPSA) is 98.7 Å². The van der Waals surface area contributed by atoms with Crippen LogP contribution in [0.5, 0.6) is 0 Å². The molecule has 0 radical (unpaired) electrons. The van der Waals surface area contributed by atoms with Gasteiger partial charge in [-0.25, -0.2) is 9.97 Å². The van der Waals surface area contributed by atoms with Crippen molar-refractivity contribution in [3.8, 4) is 5.69 Å². The number of aromatic nitrogens is 5. The molecule has 10 heteroatoms. The van der Waals surface area contributed by atoms with Crippen molar-refractivity contribution in [3.05, 3.63) is 59.8 Å². The maximum atomic E-state index is 12.0. The van der Waals surface area contributed by atoms with E-state index in [1.807, 2.05) is 12.1 Å². The average Bonchev–Trinajstić information content (AvgIpc) is 3.34. The SMILES string of the molecule is O=C(CSc1ncnc2c1nnn2-c1cccc(Cl)c1)NCc1ccco1. The molecule has 3 heterocycles. The molecule has 0 atom stereocenters. The molecular weight excluding hydrogens is 388 g/mol. The first kappa shape index (κ1) is 17.5. The molecule has 0 saturated heterocycles. The van der Waals surface area contributed by atoms with Crippen molar-refractivity contribution in [1.82, 2.24) is 30.3 Å². The summed E-state index contributed by atoms with van der Waals surface area (Å²) in [6, 6.07) is 10.8. The zero-order valence-corrected chi connectivity index (χ0v) is 15.4. The van der Waals surface area contributed by atoms with Crippen LogP contribution in [0.1, 0.15) is 5.76 Å². The fourth-order valence-corrected chi connectivity index (χ4v) is 3.34. The van der Waals surface area contributed by atoms with E-state index in [-0.39, 0.29) is 11.7 Å². The van der Waals surface area contributed by atoms with Gasteiger partial charge in [-0.2, -0.15) is 4.68 Å². The number of halogens is 1. The third-order valence-electron chi connectivity index (χ3n) is 3.64. The van der Waals surface area contributed by atoms with Crippen LogP contribution in [0.4, 0.5) is 0 Å². The molecule has 0 unspecified atom stereocenters. The fraction of sp³-hybridized carbons (Fsp3) is 0.118. The molecule has 1 amide bonds. The highest BCUT2D eigenvalue weighted by Crippen LogP contribution is 2.24. The first-order chi connectivity index (χ1) is 13.2. The Morgan fingerprint density at radius 3 is 3.00 bits per heavy atom. The zero-order valence-electron chi connectivity index (χ0n) is 13.9. The van der Waals surface area contributed by atoms with Crippen LogP contribution in [0.2, 0.25) is 5.02 Å². The van der Waals surface area contributed by atoms with Gasteiger partial charge in [0.05, 0.1) is 24.2 Å². The Morgan fingerprint density at radius 2 is 2.19 bits per heavy atom. The number of furan rings is 1. The van der Waals surface area contributed by atoms with Crippen molar-refractivity contribution in [1.29, 1.82) is 0 Å². The molecule has 0 aliphatic carbocycles. The Hall–Kier alpha value is -2.91. The van der Waals surface area contributed by atoms with Gasteiger partial charge in [-0.15, -0.1) is 5.10 Å². The van der Waals surface area contributed by atoms with Gasteiger partial charge in [-0.05, 0) is 30.3 Å². The van der Waals surface area contributed by atoms with Gasteiger partial charge >= 0.3 is 0 Å². The summed E-state index contributed by atoms with van der Waals surface area (Å²) in [7, 11) is 0. The predicted molar refractivity (Wildman–Crippen MR) is 101 cm³/mol. The van der Waals surface area contributed by atoms with Crippen molar-refractivity contribution in [2.24, 2.45) is 0 Å². The number of carbonyl (C=O) groups is 1. The van der Waals surface area contributed by atoms with E-state index >= 15 is 0 Å². The summed E-state index contributed by atoms with van der Waals surface area (Å²) in [5.74, 6) is 0.754. The molecule has 1 aromatic carbocycles. The minimum atomic E-state index is -0.134. The summed E-state index contributed by atoms with van der Waals surface area (Å²) in [6.45, 7) is 0.344. The minimum Gasteiger partial charge on any atom is -0.467 e. The Kier molecular flexibility index (Phi) is 5.03. The molecule has 0 aliphatic heterocycles. The zero-order chi connectivity index (χ0) is 18.6. The molecule has 0 spiro atoms. The van der Waals surface area contributed by atoms with Crippen LogP contribution in [-0.4, -0.2) is 36.6 Å². The van der Waals surface area contributed by atoms with Crippen LogP contribution in [0.15, 0.2) is 58.4 Å². The summed E-state index contributed by atoms with van der Waals surface area (Å²) in [5.41, 5.74) is 1.82. The second kappa shape index (κ2) is 7.77. The molecule has 3 aromatic heterocycles. The van der Waals surface area contributed by atoms with Crippen LogP contribution in [-0.2, 0) is 11.3 Å². The van der Waals surface area contributed by atoms with E-state index in [1.165, 1.54) is 18.1 Å². The second-order valence-electron chi connectivity index (χ2n) is 5.48. The number of carbonyl (C=O) groups excluding carboxylic acids is 1. The monoisotopic (exact) mass is 400 g/mol. The molecule has 0 aliphatic rings. The van der Waals surface area contributed by atoms with Gasteiger partial charge in [0.25, 0.3) is 0 Å². The lowest BCUT2D eigenvalue weighted by atomic mass is 10.3. The first-order valence-electron chi connectivity index (χ1n) is 7.95. The molecular formula is C17H13ClN6O2S. The quantitative estimate of drug-likeness (QED) is 0.392. The highest BCUT2D eigenvalue weighted by atomic mass is 35.5. The third-order valence-corrected chi connectivity index (χ3v) is 4.85. The van der Waals surface area contributed by atoms with Gasteiger partial charge in [-0.1, -0.05) is 34.6 Å². The maximum Gasteiger partial charge on any atom is 0.230 e. The molecule has 1 N–H and O–H groups in total. The molecule has 0 saturated carbocycles. The second-order valence-corrected chi connectivity index (χ2v) is 6.88. The molecule has 8 nitrogen and oxygen atoms in total. The number of fused-ring (bicyclic) bond motifs is 1. The van der Waals surface area contributed by atoms with Crippen molar-refractivity contribution in [2.45, 2.75) is 11.6 Å². The van der Waals surface area contributed by atoms with Crippen molar-refractivity contribution in [2.75, 3.05) is 5.75 Å². The smallest absolute Gasteiger partial charge is 0.230 e. The Morgan fingerprint density at radius 1 is 1.26 bits per heavy atom. The van der Waals surface area contributed by atoms with Gasteiger partial charge in [0, 0.05) is 5.02 Å². The number of hydrogen-bond acceptors (Lipinski definition) is 7. The van der Waals surface area contributed by atoms with Crippen LogP contribution >= 0.6 is 23.4 Å². The lowest BCUT2D eigenvalue weighted by Gasteiger charge is -2.04. The van der Waals surface area contributed by atoms with Crippen LogP contribution in [0.25, 0.3) is 16.9 Å². The Bertz CT molecular complexity index is 1080. The van der Waals surface area contributed by atoms with E-state index in [1.54, 1.807) is 35.2 Å².